The van der Waals surface area contributed by atoms with Crippen LogP contribution in [0.15, 0.2) is 54.9 Å². The number of ether oxygens (including phenoxy) is 1. The first-order valence-corrected chi connectivity index (χ1v) is 14.2. The van der Waals surface area contributed by atoms with Crippen LogP contribution in [0.5, 0.6) is 10.9 Å². The lowest BCUT2D eigenvalue weighted by molar-refractivity contribution is -0.138. The highest BCUT2D eigenvalue weighted by Crippen LogP contribution is 2.39. The van der Waals surface area contributed by atoms with Crippen molar-refractivity contribution in [2.24, 2.45) is 11.8 Å². The first kappa shape index (κ1) is 29.5. The third-order valence-electron chi connectivity index (χ3n) is 7.37. The maximum absolute atomic E-state index is 14.0. The van der Waals surface area contributed by atoms with Crippen molar-refractivity contribution in [3.63, 3.8) is 0 Å². The van der Waals surface area contributed by atoms with Crippen LogP contribution in [0, 0.1) is 11.8 Å². The van der Waals surface area contributed by atoms with Crippen LogP contribution in [-0.4, -0.2) is 77.2 Å². The van der Waals surface area contributed by atoms with Gasteiger partial charge in [-0.1, -0.05) is 29.5 Å². The average Bonchev–Trinajstić information content (AvgIpc) is 3.71. The molecule has 2 aromatic heterocycles. The molecule has 0 bridgehead atoms. The predicted octanol–water partition coefficient (Wildman–Crippen LogP) is 5.61. The number of aromatic nitrogens is 3. The molecule has 0 spiro atoms. The number of para-hydroxylation sites is 1. The van der Waals surface area contributed by atoms with Crippen molar-refractivity contribution in [2.75, 3.05) is 45.2 Å². The van der Waals surface area contributed by atoms with E-state index < -0.39 is 11.7 Å². The molecule has 0 N–H and O–H groups in total. The molecule has 4 heterocycles. The van der Waals surface area contributed by atoms with Gasteiger partial charge in [-0.15, -0.1) is 0 Å². The summed E-state index contributed by atoms with van der Waals surface area (Å²) in [4.78, 5) is 31.8. The number of halogens is 3. The van der Waals surface area contributed by atoms with E-state index in [0.29, 0.717) is 31.4 Å². The van der Waals surface area contributed by atoms with Gasteiger partial charge in [0.1, 0.15) is 12.0 Å². The van der Waals surface area contributed by atoms with Gasteiger partial charge in [0.15, 0.2) is 0 Å². The summed E-state index contributed by atoms with van der Waals surface area (Å²) in [7, 11) is 3.77. The second kappa shape index (κ2) is 12.1. The third-order valence-corrected chi connectivity index (χ3v) is 8.29. The normalized spacial score (nSPS) is 18.5. The molecular formula is C29H31F3N6O3S. The minimum Gasteiger partial charge on any atom is -0.431 e. The molecule has 2 fully saturated rings. The monoisotopic (exact) mass is 600 g/mol. The number of amides is 1. The molecule has 0 radical (unpaired) electrons. The number of aldehydes is 1. The van der Waals surface area contributed by atoms with E-state index in [2.05, 4.69) is 10.1 Å². The molecular weight excluding hydrogens is 569 g/mol. The Kier molecular flexibility index (Phi) is 8.50. The fraction of sp³-hybridized carbons (Fsp3) is 0.379. The number of likely N-dealkylation sites (tertiary alicyclic amines) is 2. The summed E-state index contributed by atoms with van der Waals surface area (Å²) in [6, 6.07) is 11.4. The fourth-order valence-corrected chi connectivity index (χ4v) is 6.26. The van der Waals surface area contributed by atoms with Crippen LogP contribution < -0.4 is 9.64 Å². The molecule has 9 nitrogen and oxygen atoms in total. The van der Waals surface area contributed by atoms with Gasteiger partial charge < -0.3 is 19.3 Å². The maximum Gasteiger partial charge on any atom is 0.416 e. The highest BCUT2D eigenvalue weighted by atomic mass is 32.1. The molecule has 222 valence electrons. The van der Waals surface area contributed by atoms with Crippen LogP contribution in [0.4, 0.5) is 23.7 Å². The van der Waals surface area contributed by atoms with E-state index in [1.54, 1.807) is 23.4 Å². The minimum absolute atomic E-state index is 0.105. The summed E-state index contributed by atoms with van der Waals surface area (Å²) in [6.07, 6.45) is -0.425. The summed E-state index contributed by atoms with van der Waals surface area (Å²) < 4.78 is 50.1. The van der Waals surface area contributed by atoms with Gasteiger partial charge >= 0.3 is 12.2 Å². The van der Waals surface area contributed by atoms with Crippen LogP contribution in [-0.2, 0) is 17.5 Å². The molecule has 2 atom stereocenters. The highest BCUT2D eigenvalue weighted by molar-refractivity contribution is 7.20. The van der Waals surface area contributed by atoms with E-state index >= 15 is 0 Å². The lowest BCUT2D eigenvalue weighted by atomic mass is 10.0. The summed E-state index contributed by atoms with van der Waals surface area (Å²) in [5.74, 6) is 0.538. The topological polar surface area (TPSA) is 83.8 Å². The molecule has 42 heavy (non-hydrogen) atoms. The molecule has 6 rings (SSSR count). The number of rotatable bonds is 5. The minimum atomic E-state index is -4.52. The zero-order valence-corrected chi connectivity index (χ0v) is 24.2. The third kappa shape index (κ3) is 6.41. The number of carbonyl (C=O) groups excluding carboxylic acids is 2. The quantitative estimate of drug-likeness (QED) is 0.276. The van der Waals surface area contributed by atoms with Gasteiger partial charge in [-0.05, 0) is 48.6 Å². The van der Waals surface area contributed by atoms with Crippen LogP contribution in [0.1, 0.15) is 18.1 Å². The van der Waals surface area contributed by atoms with Gasteiger partial charge in [0, 0.05) is 46.8 Å². The Balaban J connectivity index is 0.00000113. The van der Waals surface area contributed by atoms with Crippen molar-refractivity contribution >= 4 is 39.6 Å². The second-order valence-electron chi connectivity index (χ2n) is 10.5. The summed E-state index contributed by atoms with van der Waals surface area (Å²) in [6.45, 7) is 4.04. The first-order valence-electron chi connectivity index (χ1n) is 13.4. The zero-order chi connectivity index (χ0) is 30.0. The Hall–Kier alpha value is -3.97. The number of anilines is 1. The van der Waals surface area contributed by atoms with Gasteiger partial charge in [-0.3, -0.25) is 4.90 Å². The lowest BCUT2D eigenvalue weighted by Crippen LogP contribution is -2.36. The first-order chi connectivity index (χ1) is 20.0. The summed E-state index contributed by atoms with van der Waals surface area (Å²) in [5.41, 5.74) is 1.09. The van der Waals surface area contributed by atoms with Crippen molar-refractivity contribution in [2.45, 2.75) is 19.6 Å². The molecule has 2 saturated heterocycles. The molecule has 1 amide bonds. The Morgan fingerprint density at radius 2 is 1.81 bits per heavy atom. The average molecular weight is 601 g/mol. The van der Waals surface area contributed by atoms with E-state index in [1.807, 2.05) is 48.2 Å². The number of hydrogen-bond donors (Lipinski definition) is 0. The lowest BCUT2D eigenvalue weighted by Gasteiger charge is -2.23. The maximum atomic E-state index is 14.0. The summed E-state index contributed by atoms with van der Waals surface area (Å²) >= 11 is 1.29. The van der Waals surface area contributed by atoms with E-state index in [1.165, 1.54) is 29.0 Å². The number of nitrogens with zero attached hydrogens (tertiary/aromatic N) is 6. The largest absolute Gasteiger partial charge is 0.431 e. The van der Waals surface area contributed by atoms with Crippen molar-refractivity contribution in [1.29, 1.82) is 0 Å². The number of benzene rings is 2. The number of hydrogen-bond acceptors (Lipinski definition) is 8. The van der Waals surface area contributed by atoms with Crippen molar-refractivity contribution in [3.05, 3.63) is 66.0 Å². The number of carbonyl (C=O) groups is 2. The molecule has 0 saturated carbocycles. The Labute approximate surface area is 245 Å². The van der Waals surface area contributed by atoms with Gasteiger partial charge in [0.25, 0.3) is 5.19 Å². The molecule has 2 aromatic carbocycles. The Bertz CT molecular complexity index is 1520. The molecule has 13 heteroatoms. The van der Waals surface area contributed by atoms with Gasteiger partial charge in [-0.25, -0.2) is 9.78 Å². The van der Waals surface area contributed by atoms with E-state index in [0.717, 1.165) is 28.3 Å². The van der Waals surface area contributed by atoms with Gasteiger partial charge in [0.2, 0.25) is 0 Å². The van der Waals surface area contributed by atoms with Crippen LogP contribution in [0.3, 0.4) is 0 Å². The van der Waals surface area contributed by atoms with E-state index in [9.17, 15) is 18.0 Å². The number of thiazole rings is 1. The van der Waals surface area contributed by atoms with Crippen LogP contribution >= 0.6 is 11.3 Å². The number of fused-ring (bicyclic) bond motifs is 2. The number of alkyl halides is 3. The Morgan fingerprint density at radius 3 is 2.43 bits per heavy atom. The van der Waals surface area contributed by atoms with Gasteiger partial charge in [-0.2, -0.15) is 23.0 Å². The smallest absolute Gasteiger partial charge is 0.416 e. The molecule has 0 aliphatic carbocycles. The Morgan fingerprint density at radius 1 is 1.12 bits per heavy atom. The van der Waals surface area contributed by atoms with Gasteiger partial charge in [0.05, 0.1) is 33.9 Å². The predicted molar refractivity (Wildman–Crippen MR) is 154 cm³/mol. The highest BCUT2D eigenvalue weighted by Gasteiger charge is 2.43. The molecule has 2 aliphatic rings. The fourth-order valence-electron chi connectivity index (χ4n) is 5.43. The second-order valence-corrected chi connectivity index (χ2v) is 11.5. The molecule has 2 aliphatic heterocycles. The van der Waals surface area contributed by atoms with Crippen LogP contribution in [0.25, 0.3) is 10.2 Å². The summed E-state index contributed by atoms with van der Waals surface area (Å²) in [5, 5.41) is 4.48. The zero-order valence-electron chi connectivity index (χ0n) is 23.4. The molecule has 2 unspecified atom stereocenters. The van der Waals surface area contributed by atoms with E-state index in [4.69, 9.17) is 9.53 Å². The SMILES string of the molecule is CC=O.CN(C)c1cnn(C(=O)N2CC3CN(Cc4ccc(Oc5nc6ccccc6s5)cc4C(F)(F)F)CC3C2)c1. The standard InChI is InChI=1S/C27H27F3N6O2S.C2H4O/c1-33(2)20-10-31-36(16-20)26(37)35-14-18-12-34(13-19(18)15-35)11-17-7-8-21(9-22(17)27(28,29)30)38-25-32-23-5-3-4-6-24(23)39-25;1-2-3/h3-10,16,18-19H,11-15H2,1-2H3;2H,1H3. The van der Waals surface area contributed by atoms with Crippen molar-refractivity contribution in [3.8, 4) is 10.9 Å². The van der Waals surface area contributed by atoms with Crippen molar-refractivity contribution in [1.82, 2.24) is 24.6 Å². The van der Waals surface area contributed by atoms with Crippen molar-refractivity contribution < 1.29 is 27.5 Å². The van der Waals surface area contributed by atoms with Crippen LogP contribution in [0.2, 0.25) is 0 Å². The van der Waals surface area contributed by atoms with E-state index in [-0.39, 0.29) is 35.7 Å². The molecule has 4 aromatic rings.